The Hall–Kier alpha value is 0.719. The summed E-state index contributed by atoms with van der Waals surface area (Å²) in [5.41, 5.74) is 0. The van der Waals surface area contributed by atoms with Gasteiger partial charge in [-0.3, -0.25) is 0 Å². The standard InChI is InChI=1S/2C2H5O.Sn/c2*1-3-2;/h2*1H2,2H3;. The van der Waals surface area contributed by atoms with E-state index in [2.05, 4.69) is 0 Å². The SMILES string of the molecule is CO[CH2][Sn][CH2]OC. The molecule has 0 N–H and O–H groups in total. The van der Waals surface area contributed by atoms with E-state index in [0.29, 0.717) is 0 Å². The van der Waals surface area contributed by atoms with E-state index in [4.69, 9.17) is 9.47 Å². The van der Waals surface area contributed by atoms with Gasteiger partial charge < -0.3 is 0 Å². The maximum absolute atomic E-state index is 4.84. The van der Waals surface area contributed by atoms with Gasteiger partial charge in [0.2, 0.25) is 0 Å². The second kappa shape index (κ2) is 6.72. The van der Waals surface area contributed by atoms with Gasteiger partial charge in [0.25, 0.3) is 0 Å². The first-order valence-electron chi connectivity index (χ1n) is 2.10. The van der Waals surface area contributed by atoms with E-state index in [-0.39, 0.29) is 21.1 Å². The van der Waals surface area contributed by atoms with Crippen molar-refractivity contribution in [2.24, 2.45) is 0 Å². The zero-order valence-electron chi connectivity index (χ0n) is 4.73. The average Bonchev–Trinajstić information content (AvgIpc) is 1.69. The molecule has 0 aliphatic heterocycles. The van der Waals surface area contributed by atoms with Crippen molar-refractivity contribution >= 4 is 21.1 Å². The van der Waals surface area contributed by atoms with E-state index in [1.165, 1.54) is 0 Å². The fraction of sp³-hybridized carbons (Fsp3) is 1.00. The van der Waals surface area contributed by atoms with E-state index in [1.54, 1.807) is 14.2 Å². The van der Waals surface area contributed by atoms with Gasteiger partial charge >= 0.3 is 54.1 Å². The molecule has 2 radical (unpaired) electrons. The van der Waals surface area contributed by atoms with Gasteiger partial charge in [0.05, 0.1) is 0 Å². The Balaban J connectivity index is 2.45. The van der Waals surface area contributed by atoms with Crippen molar-refractivity contribution in [2.75, 3.05) is 23.5 Å². The normalized spacial score (nSPS) is 9.43. The van der Waals surface area contributed by atoms with Gasteiger partial charge in [-0.25, -0.2) is 0 Å². The van der Waals surface area contributed by atoms with Gasteiger partial charge in [-0.2, -0.15) is 0 Å². The van der Waals surface area contributed by atoms with Crippen LogP contribution in [-0.2, 0) is 9.47 Å². The molecule has 0 aliphatic rings. The third-order valence-corrected chi connectivity index (χ3v) is 3.31. The van der Waals surface area contributed by atoms with Crippen LogP contribution in [0.2, 0.25) is 0 Å². The molecule has 0 amide bonds. The molecule has 0 fully saturated rings. The molecule has 7 heavy (non-hydrogen) atoms. The topological polar surface area (TPSA) is 18.5 Å². The van der Waals surface area contributed by atoms with Gasteiger partial charge in [0.15, 0.2) is 0 Å². The molecule has 0 saturated carbocycles. The molecule has 3 heteroatoms. The van der Waals surface area contributed by atoms with Crippen LogP contribution in [0.3, 0.4) is 0 Å². The van der Waals surface area contributed by atoms with Gasteiger partial charge in [-0.05, 0) is 0 Å². The fourth-order valence-electron chi connectivity index (χ4n) is 0.246. The molecule has 2 nitrogen and oxygen atoms in total. The summed E-state index contributed by atoms with van der Waals surface area (Å²) in [7, 11) is 3.47. The van der Waals surface area contributed by atoms with E-state index in [0.717, 1.165) is 9.25 Å². The number of methoxy groups -OCH3 is 2. The van der Waals surface area contributed by atoms with Crippen LogP contribution < -0.4 is 0 Å². The summed E-state index contributed by atoms with van der Waals surface area (Å²) >= 11 is -0.263. The molecular formula is C4H10O2Sn. The zero-order chi connectivity index (χ0) is 5.54. The van der Waals surface area contributed by atoms with Crippen LogP contribution >= 0.6 is 0 Å². The van der Waals surface area contributed by atoms with Gasteiger partial charge in [-0.1, -0.05) is 0 Å². The molecule has 0 saturated heterocycles. The molecule has 42 valence electrons. The Morgan fingerprint density at radius 2 is 1.57 bits per heavy atom. The van der Waals surface area contributed by atoms with Crippen molar-refractivity contribution in [3.05, 3.63) is 0 Å². The second-order valence-electron chi connectivity index (χ2n) is 1.12. The summed E-state index contributed by atoms with van der Waals surface area (Å²) in [5.74, 6) is 0. The van der Waals surface area contributed by atoms with E-state index < -0.39 is 0 Å². The Morgan fingerprint density at radius 1 is 1.14 bits per heavy atom. The van der Waals surface area contributed by atoms with Gasteiger partial charge in [-0.15, -0.1) is 0 Å². The van der Waals surface area contributed by atoms with Crippen molar-refractivity contribution < 1.29 is 9.47 Å². The summed E-state index contributed by atoms with van der Waals surface area (Å²) in [6.45, 7) is 0. The molecule has 0 atom stereocenters. The quantitative estimate of drug-likeness (QED) is 0.475. The van der Waals surface area contributed by atoms with Crippen molar-refractivity contribution in [3.63, 3.8) is 0 Å². The molecule has 0 spiro atoms. The summed E-state index contributed by atoms with van der Waals surface area (Å²) in [4.78, 5) is 0. The molecule has 0 heterocycles. The van der Waals surface area contributed by atoms with Crippen LogP contribution in [0.4, 0.5) is 0 Å². The van der Waals surface area contributed by atoms with E-state index in [9.17, 15) is 0 Å². The van der Waals surface area contributed by atoms with Gasteiger partial charge in [0.1, 0.15) is 0 Å². The molecule has 0 aromatic carbocycles. The van der Waals surface area contributed by atoms with E-state index in [1.807, 2.05) is 0 Å². The van der Waals surface area contributed by atoms with E-state index >= 15 is 0 Å². The van der Waals surface area contributed by atoms with Crippen molar-refractivity contribution in [1.82, 2.24) is 0 Å². The van der Waals surface area contributed by atoms with Crippen LogP contribution in [0.25, 0.3) is 0 Å². The number of hydrogen-bond acceptors (Lipinski definition) is 2. The first kappa shape index (κ1) is 7.72. The van der Waals surface area contributed by atoms with Crippen LogP contribution in [-0.4, -0.2) is 44.6 Å². The average molecular weight is 209 g/mol. The molecule has 0 unspecified atom stereocenters. The minimum atomic E-state index is -0.263. The first-order chi connectivity index (χ1) is 3.41. The van der Waals surface area contributed by atoms with Crippen LogP contribution in [0.5, 0.6) is 0 Å². The Kier molecular flexibility index (Phi) is 7.41. The zero-order valence-corrected chi connectivity index (χ0v) is 7.58. The molecule has 0 bridgehead atoms. The van der Waals surface area contributed by atoms with Crippen molar-refractivity contribution in [2.45, 2.75) is 0 Å². The fourth-order valence-corrected chi connectivity index (χ4v) is 1.65. The third-order valence-electron chi connectivity index (χ3n) is 0.493. The maximum atomic E-state index is 4.84. The predicted octanol–water partition coefficient (Wildman–Crippen LogP) is -0.102. The summed E-state index contributed by atoms with van der Waals surface area (Å²) in [6, 6.07) is 0. The molecule has 0 aromatic rings. The van der Waals surface area contributed by atoms with Crippen molar-refractivity contribution in [3.8, 4) is 0 Å². The Labute approximate surface area is 54.4 Å². The minimum absolute atomic E-state index is 0.263. The Morgan fingerprint density at radius 3 is 1.86 bits per heavy atom. The first-order valence-corrected chi connectivity index (χ1v) is 6.14. The molecule has 0 rings (SSSR count). The number of hydrogen-bond donors (Lipinski definition) is 0. The number of rotatable bonds is 4. The van der Waals surface area contributed by atoms with Crippen LogP contribution in [0.1, 0.15) is 0 Å². The Bertz CT molecular complexity index is 28.9. The van der Waals surface area contributed by atoms with Crippen LogP contribution in [0, 0.1) is 0 Å². The van der Waals surface area contributed by atoms with Gasteiger partial charge in [0, 0.05) is 0 Å². The molecular weight excluding hydrogens is 199 g/mol. The second-order valence-corrected chi connectivity index (χ2v) is 4.19. The van der Waals surface area contributed by atoms with Crippen LogP contribution in [0.15, 0.2) is 0 Å². The number of ether oxygens (including phenoxy) is 2. The summed E-state index contributed by atoms with van der Waals surface area (Å²) in [5, 5.41) is 0. The predicted molar refractivity (Wildman–Crippen MR) is 29.5 cm³/mol. The third kappa shape index (κ3) is 6.72. The summed E-state index contributed by atoms with van der Waals surface area (Å²) < 4.78 is 11.6. The monoisotopic (exact) mass is 210 g/mol. The van der Waals surface area contributed by atoms with Crippen molar-refractivity contribution in [1.29, 1.82) is 0 Å². The molecule has 0 aromatic heterocycles. The molecule has 0 aliphatic carbocycles. The summed E-state index contributed by atoms with van der Waals surface area (Å²) in [6.07, 6.45) is 0.